The summed E-state index contributed by atoms with van der Waals surface area (Å²) < 4.78 is 32.8. The number of aryl methyl sites for hydroxylation is 1. The number of ether oxygens (including phenoxy) is 1. The van der Waals surface area contributed by atoms with Gasteiger partial charge < -0.3 is 9.72 Å². The van der Waals surface area contributed by atoms with Crippen LogP contribution in [0.25, 0.3) is 10.9 Å². The molecule has 0 bridgehead atoms. The summed E-state index contributed by atoms with van der Waals surface area (Å²) >= 11 is 0. The Hall–Kier alpha value is -1.70. The molecule has 1 aliphatic heterocycles. The van der Waals surface area contributed by atoms with Crippen LogP contribution in [0.1, 0.15) is 18.4 Å². The van der Waals surface area contributed by atoms with Gasteiger partial charge in [-0.05, 0) is 43.5 Å². The Labute approximate surface area is 128 Å². The molecular weight excluding hydrogens is 304 g/mol. The van der Waals surface area contributed by atoms with Crippen LogP contribution in [0.3, 0.4) is 0 Å². The summed E-state index contributed by atoms with van der Waals surface area (Å²) in [5, 5.41) is 0.722. The molecule has 0 amide bonds. The normalized spacial score (nSPS) is 18.9. The number of nitrogens with one attached hydrogen (secondary N) is 2. The molecule has 0 aliphatic carbocycles. The number of aromatic nitrogens is 1. The zero-order chi connectivity index (χ0) is 15.7. The van der Waals surface area contributed by atoms with Crippen molar-refractivity contribution in [3.05, 3.63) is 40.2 Å². The summed E-state index contributed by atoms with van der Waals surface area (Å²) in [5.41, 5.74) is 1.18. The predicted molar refractivity (Wildman–Crippen MR) is 83.5 cm³/mol. The van der Waals surface area contributed by atoms with Crippen molar-refractivity contribution in [2.45, 2.75) is 30.8 Å². The maximum atomic E-state index is 12.4. The third-order valence-electron chi connectivity index (χ3n) is 3.86. The minimum absolute atomic E-state index is 0.0478. The number of aromatic amines is 1. The Morgan fingerprint density at radius 3 is 2.91 bits per heavy atom. The second-order valence-corrected chi connectivity index (χ2v) is 7.28. The highest BCUT2D eigenvalue weighted by Crippen LogP contribution is 2.20. The first-order valence-corrected chi connectivity index (χ1v) is 8.69. The summed E-state index contributed by atoms with van der Waals surface area (Å²) in [4.78, 5) is 14.3. The maximum absolute atomic E-state index is 12.4. The Bertz CT molecular complexity index is 851. The first-order valence-electron chi connectivity index (χ1n) is 7.21. The van der Waals surface area contributed by atoms with E-state index in [0.717, 1.165) is 23.8 Å². The van der Waals surface area contributed by atoms with Crippen molar-refractivity contribution in [1.82, 2.24) is 9.71 Å². The number of hydrogen-bond acceptors (Lipinski definition) is 4. The monoisotopic (exact) mass is 322 g/mol. The Morgan fingerprint density at radius 2 is 2.18 bits per heavy atom. The van der Waals surface area contributed by atoms with Crippen LogP contribution >= 0.6 is 0 Å². The molecule has 0 unspecified atom stereocenters. The maximum Gasteiger partial charge on any atom is 0.248 e. The van der Waals surface area contributed by atoms with E-state index in [0.29, 0.717) is 12.1 Å². The fourth-order valence-corrected chi connectivity index (χ4v) is 3.75. The molecule has 0 spiro atoms. The van der Waals surface area contributed by atoms with Gasteiger partial charge in [-0.3, -0.25) is 4.79 Å². The van der Waals surface area contributed by atoms with Crippen molar-refractivity contribution >= 4 is 20.9 Å². The van der Waals surface area contributed by atoms with Crippen molar-refractivity contribution in [1.29, 1.82) is 0 Å². The van der Waals surface area contributed by atoms with Crippen LogP contribution in [-0.4, -0.2) is 32.7 Å². The standard InChI is InChI=1S/C15H18N2O4S/c1-10-7-15(18)17-14-5-4-12(8-13(10)14)22(19,20)16-9-11-3-2-6-21-11/h4-5,7-8,11,16H,2-3,6,9H2,1H3,(H,17,18)/t11-/m1/s1. The fraction of sp³-hybridized carbons (Fsp3) is 0.400. The van der Waals surface area contributed by atoms with Crippen molar-refractivity contribution in [2.24, 2.45) is 0 Å². The molecular formula is C15H18N2O4S. The molecule has 1 fully saturated rings. The lowest BCUT2D eigenvalue weighted by Crippen LogP contribution is -2.31. The van der Waals surface area contributed by atoms with Gasteiger partial charge in [-0.25, -0.2) is 13.1 Å². The quantitative estimate of drug-likeness (QED) is 0.888. The van der Waals surface area contributed by atoms with E-state index in [4.69, 9.17) is 4.74 Å². The second-order valence-electron chi connectivity index (χ2n) is 5.51. The average molecular weight is 322 g/mol. The Morgan fingerprint density at radius 1 is 1.36 bits per heavy atom. The molecule has 1 aromatic heterocycles. The molecule has 118 valence electrons. The third kappa shape index (κ3) is 3.06. The zero-order valence-electron chi connectivity index (χ0n) is 12.3. The highest BCUT2D eigenvalue weighted by molar-refractivity contribution is 7.89. The van der Waals surface area contributed by atoms with E-state index in [-0.39, 0.29) is 23.1 Å². The molecule has 1 atom stereocenters. The fourth-order valence-electron chi connectivity index (χ4n) is 2.66. The molecule has 2 aromatic rings. The number of hydrogen-bond donors (Lipinski definition) is 2. The molecule has 3 rings (SSSR count). The third-order valence-corrected chi connectivity index (χ3v) is 5.28. The highest BCUT2D eigenvalue weighted by atomic mass is 32.2. The topological polar surface area (TPSA) is 88.3 Å². The van der Waals surface area contributed by atoms with E-state index in [2.05, 4.69) is 9.71 Å². The minimum Gasteiger partial charge on any atom is -0.377 e. The summed E-state index contributed by atoms with van der Waals surface area (Å²) in [7, 11) is -3.59. The van der Waals surface area contributed by atoms with Crippen LogP contribution in [0.2, 0.25) is 0 Å². The number of pyridine rings is 1. The SMILES string of the molecule is Cc1cc(=O)[nH]c2ccc(S(=O)(=O)NC[C@H]3CCCO3)cc12. The zero-order valence-corrected chi connectivity index (χ0v) is 13.1. The minimum atomic E-state index is -3.59. The molecule has 0 radical (unpaired) electrons. The first kappa shape index (κ1) is 15.2. The Kier molecular flexibility index (Phi) is 4.03. The van der Waals surface area contributed by atoms with Gasteiger partial charge in [0, 0.05) is 30.1 Å². The summed E-state index contributed by atoms with van der Waals surface area (Å²) in [6.07, 6.45) is 1.79. The van der Waals surface area contributed by atoms with Gasteiger partial charge in [0.15, 0.2) is 0 Å². The van der Waals surface area contributed by atoms with E-state index in [9.17, 15) is 13.2 Å². The summed E-state index contributed by atoms with van der Waals surface area (Å²) in [6, 6.07) is 6.15. The smallest absolute Gasteiger partial charge is 0.248 e. The molecule has 1 saturated heterocycles. The van der Waals surface area contributed by atoms with Gasteiger partial charge in [-0.15, -0.1) is 0 Å². The molecule has 1 aromatic carbocycles. The van der Waals surface area contributed by atoms with Crippen molar-refractivity contribution in [3.8, 4) is 0 Å². The number of rotatable bonds is 4. The molecule has 6 nitrogen and oxygen atoms in total. The van der Waals surface area contributed by atoms with Crippen LogP contribution in [-0.2, 0) is 14.8 Å². The van der Waals surface area contributed by atoms with Crippen LogP contribution < -0.4 is 10.3 Å². The van der Waals surface area contributed by atoms with Gasteiger partial charge in [0.25, 0.3) is 0 Å². The van der Waals surface area contributed by atoms with Crippen molar-refractivity contribution < 1.29 is 13.2 Å². The van der Waals surface area contributed by atoms with E-state index in [1.165, 1.54) is 12.1 Å². The summed E-state index contributed by atoms with van der Waals surface area (Å²) in [6.45, 7) is 2.76. The van der Waals surface area contributed by atoms with Gasteiger partial charge in [-0.2, -0.15) is 0 Å². The van der Waals surface area contributed by atoms with Crippen LogP contribution in [0, 0.1) is 6.92 Å². The van der Waals surface area contributed by atoms with E-state index in [1.54, 1.807) is 19.1 Å². The Balaban J connectivity index is 1.89. The molecule has 7 heteroatoms. The lowest BCUT2D eigenvalue weighted by molar-refractivity contribution is 0.114. The molecule has 2 N–H and O–H groups in total. The molecule has 22 heavy (non-hydrogen) atoms. The van der Waals surface area contributed by atoms with Gasteiger partial charge in [0.05, 0.1) is 11.0 Å². The van der Waals surface area contributed by atoms with Crippen LogP contribution in [0.15, 0.2) is 34.0 Å². The first-order chi connectivity index (χ1) is 10.5. The second kappa shape index (κ2) is 5.83. The molecule has 2 heterocycles. The largest absolute Gasteiger partial charge is 0.377 e. The number of H-pyrrole nitrogens is 1. The van der Waals surface area contributed by atoms with E-state index in [1.807, 2.05) is 0 Å². The highest BCUT2D eigenvalue weighted by Gasteiger charge is 2.20. The van der Waals surface area contributed by atoms with Gasteiger partial charge in [-0.1, -0.05) is 0 Å². The van der Waals surface area contributed by atoms with Gasteiger partial charge >= 0.3 is 0 Å². The van der Waals surface area contributed by atoms with Crippen LogP contribution in [0.4, 0.5) is 0 Å². The van der Waals surface area contributed by atoms with Crippen LogP contribution in [0.5, 0.6) is 0 Å². The number of sulfonamides is 1. The van der Waals surface area contributed by atoms with E-state index >= 15 is 0 Å². The van der Waals surface area contributed by atoms with Gasteiger partial charge in [0.2, 0.25) is 15.6 Å². The predicted octanol–water partition coefficient (Wildman–Crippen LogP) is 1.29. The lowest BCUT2D eigenvalue weighted by atomic mass is 10.1. The summed E-state index contributed by atoms with van der Waals surface area (Å²) in [5.74, 6) is 0. The number of fused-ring (bicyclic) bond motifs is 1. The van der Waals surface area contributed by atoms with Gasteiger partial charge in [0.1, 0.15) is 0 Å². The molecule has 1 aliphatic rings. The average Bonchev–Trinajstić information content (AvgIpc) is 2.98. The lowest BCUT2D eigenvalue weighted by Gasteiger charge is -2.12. The van der Waals surface area contributed by atoms with Crippen molar-refractivity contribution in [2.75, 3.05) is 13.2 Å². The molecule has 0 saturated carbocycles. The van der Waals surface area contributed by atoms with E-state index < -0.39 is 10.0 Å². The number of benzene rings is 1. The van der Waals surface area contributed by atoms with Crippen molar-refractivity contribution in [3.63, 3.8) is 0 Å².